The summed E-state index contributed by atoms with van der Waals surface area (Å²) in [6.07, 6.45) is -4.35. The van der Waals surface area contributed by atoms with Gasteiger partial charge in [-0.25, -0.2) is 0 Å². The molecule has 2 aromatic rings. The van der Waals surface area contributed by atoms with Crippen LogP contribution in [0.15, 0.2) is 40.9 Å². The van der Waals surface area contributed by atoms with Crippen LogP contribution in [0.5, 0.6) is 0 Å². The van der Waals surface area contributed by atoms with Gasteiger partial charge in [-0.1, -0.05) is 23.7 Å². The fraction of sp³-hybridized carbons (Fsp3) is 0.200. The lowest BCUT2D eigenvalue weighted by atomic mass is 9.94. The summed E-state index contributed by atoms with van der Waals surface area (Å²) in [5.74, 6) is 0. The monoisotopic (exact) mass is 377 g/mol. The van der Waals surface area contributed by atoms with E-state index in [-0.39, 0.29) is 0 Å². The predicted molar refractivity (Wildman–Crippen MR) is 81.4 cm³/mol. The molecule has 1 unspecified atom stereocenters. The van der Waals surface area contributed by atoms with Crippen LogP contribution in [0, 0.1) is 6.92 Å². The molecule has 2 N–H and O–H groups in total. The Labute approximate surface area is 134 Å². The van der Waals surface area contributed by atoms with E-state index in [1.165, 1.54) is 6.07 Å². The zero-order valence-corrected chi connectivity index (χ0v) is 13.4. The van der Waals surface area contributed by atoms with Crippen molar-refractivity contribution in [3.63, 3.8) is 0 Å². The van der Waals surface area contributed by atoms with Crippen LogP contribution in [0.4, 0.5) is 13.2 Å². The second-order valence-electron chi connectivity index (χ2n) is 4.72. The maximum atomic E-state index is 12.7. The molecule has 0 saturated carbocycles. The average Bonchev–Trinajstić information content (AvgIpc) is 2.40. The normalized spacial score (nSPS) is 13.3. The topological polar surface area (TPSA) is 26.0 Å². The number of benzene rings is 2. The highest BCUT2D eigenvalue weighted by molar-refractivity contribution is 9.10. The lowest BCUT2D eigenvalue weighted by Crippen LogP contribution is -2.14. The number of nitrogens with two attached hydrogens (primary N) is 1. The van der Waals surface area contributed by atoms with Crippen LogP contribution in [0.1, 0.15) is 28.3 Å². The summed E-state index contributed by atoms with van der Waals surface area (Å²) in [5.41, 5.74) is 7.40. The molecule has 21 heavy (non-hydrogen) atoms. The van der Waals surface area contributed by atoms with E-state index in [4.69, 9.17) is 17.3 Å². The molecule has 0 aliphatic heterocycles. The summed E-state index contributed by atoms with van der Waals surface area (Å²) < 4.78 is 38.7. The van der Waals surface area contributed by atoms with Crippen molar-refractivity contribution >= 4 is 27.5 Å². The quantitative estimate of drug-likeness (QED) is 0.736. The van der Waals surface area contributed by atoms with Gasteiger partial charge in [-0.2, -0.15) is 13.2 Å². The number of aryl methyl sites for hydroxylation is 1. The smallest absolute Gasteiger partial charge is 0.320 e. The first-order valence-corrected chi connectivity index (χ1v) is 7.25. The van der Waals surface area contributed by atoms with E-state index in [2.05, 4.69) is 15.9 Å². The lowest BCUT2D eigenvalue weighted by Gasteiger charge is -2.17. The van der Waals surface area contributed by atoms with Crippen LogP contribution in [-0.2, 0) is 6.18 Å². The van der Waals surface area contributed by atoms with E-state index in [0.717, 1.165) is 17.7 Å². The third kappa shape index (κ3) is 3.59. The van der Waals surface area contributed by atoms with Crippen LogP contribution >= 0.6 is 27.5 Å². The average molecular weight is 379 g/mol. The van der Waals surface area contributed by atoms with Crippen molar-refractivity contribution < 1.29 is 13.2 Å². The van der Waals surface area contributed by atoms with E-state index in [1.54, 1.807) is 25.1 Å². The molecule has 1 nitrogen and oxygen atoms in total. The molecule has 0 saturated heterocycles. The number of alkyl halides is 3. The van der Waals surface area contributed by atoms with E-state index < -0.39 is 17.8 Å². The van der Waals surface area contributed by atoms with Gasteiger partial charge in [0, 0.05) is 4.47 Å². The first-order valence-electron chi connectivity index (χ1n) is 6.08. The van der Waals surface area contributed by atoms with Gasteiger partial charge in [-0.15, -0.1) is 0 Å². The molecule has 0 spiro atoms. The van der Waals surface area contributed by atoms with Gasteiger partial charge in [0.15, 0.2) is 0 Å². The minimum absolute atomic E-state index is 0.503. The second-order valence-corrected chi connectivity index (χ2v) is 5.98. The molecular formula is C15H12BrClF3N. The van der Waals surface area contributed by atoms with Crippen LogP contribution in [0.3, 0.4) is 0 Å². The molecule has 112 valence electrons. The van der Waals surface area contributed by atoms with Crippen molar-refractivity contribution in [1.82, 2.24) is 0 Å². The van der Waals surface area contributed by atoms with Gasteiger partial charge in [0.25, 0.3) is 0 Å². The van der Waals surface area contributed by atoms with Crippen LogP contribution in [-0.4, -0.2) is 0 Å². The first kappa shape index (κ1) is 16.3. The minimum atomic E-state index is -4.35. The molecule has 1 atom stereocenters. The van der Waals surface area contributed by atoms with E-state index >= 15 is 0 Å². The van der Waals surface area contributed by atoms with Crippen molar-refractivity contribution in [2.75, 3.05) is 0 Å². The van der Waals surface area contributed by atoms with Crippen molar-refractivity contribution in [1.29, 1.82) is 0 Å². The van der Waals surface area contributed by atoms with Gasteiger partial charge in [0.05, 0.1) is 16.6 Å². The number of rotatable bonds is 2. The van der Waals surface area contributed by atoms with Crippen molar-refractivity contribution in [2.24, 2.45) is 5.73 Å². The SMILES string of the molecule is Cc1cc(C(F)(F)F)ccc1C(N)c1ccc(Cl)c(Br)c1. The Hall–Kier alpha value is -1.04. The minimum Gasteiger partial charge on any atom is -0.320 e. The summed E-state index contributed by atoms with van der Waals surface area (Å²) >= 11 is 9.23. The van der Waals surface area contributed by atoms with Gasteiger partial charge in [-0.3, -0.25) is 0 Å². The van der Waals surface area contributed by atoms with E-state index in [0.29, 0.717) is 20.6 Å². The standard InChI is InChI=1S/C15H12BrClF3N/c1-8-6-10(15(18,19)20)3-4-11(8)14(21)9-2-5-13(17)12(16)7-9/h2-7,14H,21H2,1H3. The third-order valence-corrected chi connectivity index (χ3v) is 4.45. The molecule has 6 heteroatoms. The maximum Gasteiger partial charge on any atom is 0.416 e. The fourth-order valence-electron chi connectivity index (χ4n) is 2.09. The van der Waals surface area contributed by atoms with Gasteiger partial charge < -0.3 is 5.73 Å². The first-order chi connectivity index (χ1) is 9.70. The highest BCUT2D eigenvalue weighted by Gasteiger charge is 2.31. The highest BCUT2D eigenvalue weighted by atomic mass is 79.9. The molecule has 0 heterocycles. The van der Waals surface area contributed by atoms with Crippen LogP contribution in [0.25, 0.3) is 0 Å². The third-order valence-electron chi connectivity index (χ3n) is 3.23. The summed E-state index contributed by atoms with van der Waals surface area (Å²) in [6.45, 7) is 1.62. The Morgan fingerprint density at radius 2 is 1.81 bits per heavy atom. The second kappa shape index (κ2) is 5.99. The van der Waals surface area contributed by atoms with E-state index in [1.807, 2.05) is 0 Å². The Morgan fingerprint density at radius 1 is 1.14 bits per heavy atom. The van der Waals surface area contributed by atoms with Gasteiger partial charge in [0.1, 0.15) is 0 Å². The maximum absolute atomic E-state index is 12.7. The molecule has 2 rings (SSSR count). The molecule has 0 amide bonds. The molecule has 0 fully saturated rings. The van der Waals surface area contributed by atoms with Crippen LogP contribution < -0.4 is 5.73 Å². The molecule has 0 bridgehead atoms. The molecule has 2 aromatic carbocycles. The Morgan fingerprint density at radius 3 is 2.33 bits per heavy atom. The van der Waals surface area contributed by atoms with Gasteiger partial charge >= 0.3 is 6.18 Å². The van der Waals surface area contributed by atoms with Crippen molar-refractivity contribution in [3.05, 3.63) is 68.1 Å². The summed E-state index contributed by atoms with van der Waals surface area (Å²) in [6, 6.07) is 8.29. The predicted octanol–water partition coefficient (Wildman–Crippen LogP) is 5.48. The zero-order chi connectivity index (χ0) is 15.8. The van der Waals surface area contributed by atoms with E-state index in [9.17, 15) is 13.2 Å². The molecular weight excluding hydrogens is 367 g/mol. The molecule has 0 aromatic heterocycles. The number of hydrogen-bond acceptors (Lipinski definition) is 1. The van der Waals surface area contributed by atoms with Crippen molar-refractivity contribution in [3.8, 4) is 0 Å². The number of hydrogen-bond donors (Lipinski definition) is 1. The fourth-order valence-corrected chi connectivity index (χ4v) is 2.60. The molecule has 0 radical (unpaired) electrons. The Bertz CT molecular complexity index is 670. The van der Waals surface area contributed by atoms with Gasteiger partial charge in [-0.05, 0) is 63.8 Å². The van der Waals surface area contributed by atoms with Gasteiger partial charge in [0.2, 0.25) is 0 Å². The lowest BCUT2D eigenvalue weighted by molar-refractivity contribution is -0.137. The Balaban J connectivity index is 2.39. The number of halogens is 5. The molecule has 0 aliphatic carbocycles. The van der Waals surface area contributed by atoms with Crippen molar-refractivity contribution in [2.45, 2.75) is 19.1 Å². The Kier molecular flexibility index (Phi) is 4.66. The zero-order valence-electron chi connectivity index (χ0n) is 11.0. The highest BCUT2D eigenvalue weighted by Crippen LogP contribution is 2.33. The van der Waals surface area contributed by atoms with Crippen LogP contribution in [0.2, 0.25) is 5.02 Å². The molecule has 0 aliphatic rings. The summed E-state index contributed by atoms with van der Waals surface area (Å²) in [7, 11) is 0. The summed E-state index contributed by atoms with van der Waals surface area (Å²) in [4.78, 5) is 0. The summed E-state index contributed by atoms with van der Waals surface area (Å²) in [5, 5.41) is 0.551. The largest absolute Gasteiger partial charge is 0.416 e.